The monoisotopic (exact) mass is 312 g/mol. The summed E-state index contributed by atoms with van der Waals surface area (Å²) >= 11 is 0. The number of anilines is 1. The van der Waals surface area contributed by atoms with Gasteiger partial charge in [0.1, 0.15) is 11.9 Å². The number of nitriles is 1. The average Bonchev–Trinajstić information content (AvgIpc) is 2.91. The summed E-state index contributed by atoms with van der Waals surface area (Å²) in [7, 11) is 4.32. The van der Waals surface area contributed by atoms with Gasteiger partial charge in [-0.15, -0.1) is 0 Å². The summed E-state index contributed by atoms with van der Waals surface area (Å²) in [6.07, 6.45) is 5.19. The molecule has 0 unspecified atom stereocenters. The molecule has 1 saturated carbocycles. The van der Waals surface area contributed by atoms with Crippen molar-refractivity contribution in [2.45, 2.75) is 45.2 Å². The molecule has 2 atom stereocenters. The van der Waals surface area contributed by atoms with Gasteiger partial charge in [-0.25, -0.2) is 4.98 Å². The Kier molecular flexibility index (Phi) is 4.03. The number of hydrogen-bond acceptors (Lipinski definition) is 5. The second-order valence-corrected chi connectivity index (χ2v) is 7.41. The van der Waals surface area contributed by atoms with Gasteiger partial charge in [-0.1, -0.05) is 13.8 Å². The lowest BCUT2D eigenvalue weighted by atomic mass is 9.71. The molecule has 2 aromatic rings. The Morgan fingerprint density at radius 3 is 2.78 bits per heavy atom. The Labute approximate surface area is 137 Å². The van der Waals surface area contributed by atoms with Crippen LogP contribution in [0.15, 0.2) is 22.7 Å². The minimum atomic E-state index is 0.206. The van der Waals surface area contributed by atoms with Crippen LogP contribution in [-0.2, 0) is 0 Å². The van der Waals surface area contributed by atoms with Crippen molar-refractivity contribution >= 4 is 16.8 Å². The summed E-state index contributed by atoms with van der Waals surface area (Å²) in [6, 6.07) is 6.79. The lowest BCUT2D eigenvalue weighted by Crippen LogP contribution is -2.47. The third kappa shape index (κ3) is 3.18. The normalized spacial score (nSPS) is 23.8. The summed E-state index contributed by atoms with van der Waals surface area (Å²) in [5.74, 6) is 1.18. The second kappa shape index (κ2) is 5.86. The molecule has 0 amide bonds. The molecule has 5 heteroatoms. The van der Waals surface area contributed by atoms with Gasteiger partial charge in [0.25, 0.3) is 0 Å². The van der Waals surface area contributed by atoms with Crippen molar-refractivity contribution in [3.05, 3.63) is 24.1 Å². The van der Waals surface area contributed by atoms with Crippen LogP contribution in [0.4, 0.5) is 5.82 Å². The largest absolute Gasteiger partial charge is 0.444 e. The number of aromatic nitrogens is 1. The number of nitrogens with zero attached hydrogens (tertiary/aromatic N) is 3. The molecule has 3 rings (SSSR count). The fraction of sp³-hybridized carbons (Fsp3) is 0.556. The number of fused-ring (bicyclic) bond motifs is 1. The lowest BCUT2D eigenvalue weighted by molar-refractivity contribution is 0.119. The SMILES string of the molecule is CN(C)[C@@H]1CC[C@@H](Nc2cc3cc(C#N)oc3cn2)C(C)(C)C1. The highest BCUT2D eigenvalue weighted by Crippen LogP contribution is 2.38. The van der Waals surface area contributed by atoms with Crippen molar-refractivity contribution in [2.24, 2.45) is 5.41 Å². The van der Waals surface area contributed by atoms with Crippen LogP contribution in [-0.4, -0.2) is 36.1 Å². The fourth-order valence-electron chi connectivity index (χ4n) is 3.57. The van der Waals surface area contributed by atoms with Gasteiger partial charge in [0, 0.05) is 23.5 Å². The number of furan rings is 1. The molecule has 0 aromatic carbocycles. The quantitative estimate of drug-likeness (QED) is 0.937. The first-order valence-corrected chi connectivity index (χ1v) is 8.12. The highest BCUT2D eigenvalue weighted by molar-refractivity contribution is 5.80. The van der Waals surface area contributed by atoms with Gasteiger partial charge in [0.2, 0.25) is 5.76 Å². The minimum absolute atomic E-state index is 0.206. The van der Waals surface area contributed by atoms with Gasteiger partial charge in [-0.05, 0) is 44.8 Å². The van der Waals surface area contributed by atoms with Gasteiger partial charge >= 0.3 is 0 Å². The molecule has 23 heavy (non-hydrogen) atoms. The Balaban J connectivity index is 1.77. The maximum atomic E-state index is 8.92. The molecule has 1 aliphatic carbocycles. The first-order valence-electron chi connectivity index (χ1n) is 8.12. The van der Waals surface area contributed by atoms with Crippen molar-refractivity contribution in [3.8, 4) is 6.07 Å². The Morgan fingerprint density at radius 2 is 2.13 bits per heavy atom. The van der Waals surface area contributed by atoms with E-state index >= 15 is 0 Å². The Bertz CT molecular complexity index is 741. The molecule has 1 aliphatic rings. The standard InChI is InChI=1S/C18H24N4O/c1-18(2)9-13(22(3)4)5-6-16(18)21-17-8-12-7-14(10-19)23-15(12)11-20-17/h7-8,11,13,16H,5-6,9H2,1-4H3,(H,20,21)/t13-,16-/m1/s1. The van der Waals surface area contributed by atoms with Crippen LogP contribution in [0.1, 0.15) is 38.9 Å². The first kappa shape index (κ1) is 15.8. The van der Waals surface area contributed by atoms with Crippen molar-refractivity contribution in [1.29, 1.82) is 5.26 Å². The third-order valence-corrected chi connectivity index (χ3v) is 5.06. The van der Waals surface area contributed by atoms with E-state index in [1.165, 1.54) is 12.8 Å². The van der Waals surface area contributed by atoms with Crippen molar-refractivity contribution in [1.82, 2.24) is 9.88 Å². The van der Waals surface area contributed by atoms with E-state index in [2.05, 4.69) is 43.1 Å². The molecule has 2 heterocycles. The fourth-order valence-corrected chi connectivity index (χ4v) is 3.57. The van der Waals surface area contributed by atoms with Crippen LogP contribution in [0.3, 0.4) is 0 Å². The van der Waals surface area contributed by atoms with E-state index in [9.17, 15) is 0 Å². The number of hydrogen-bond donors (Lipinski definition) is 1. The number of nitrogens with one attached hydrogen (secondary N) is 1. The molecule has 0 aliphatic heterocycles. The van der Waals surface area contributed by atoms with E-state index in [0.717, 1.165) is 17.6 Å². The average molecular weight is 312 g/mol. The molecule has 0 bridgehead atoms. The van der Waals surface area contributed by atoms with Crippen LogP contribution in [0.5, 0.6) is 0 Å². The zero-order valence-corrected chi connectivity index (χ0v) is 14.3. The van der Waals surface area contributed by atoms with Gasteiger partial charge < -0.3 is 14.6 Å². The number of rotatable bonds is 3. The van der Waals surface area contributed by atoms with Crippen LogP contribution in [0.2, 0.25) is 0 Å². The highest BCUT2D eigenvalue weighted by atomic mass is 16.3. The predicted molar refractivity (Wildman–Crippen MR) is 91.2 cm³/mol. The molecular formula is C18H24N4O. The minimum Gasteiger partial charge on any atom is -0.444 e. The summed E-state index contributed by atoms with van der Waals surface area (Å²) in [5, 5.41) is 13.4. The molecule has 5 nitrogen and oxygen atoms in total. The Morgan fingerprint density at radius 1 is 1.35 bits per heavy atom. The van der Waals surface area contributed by atoms with E-state index in [1.54, 1.807) is 12.3 Å². The van der Waals surface area contributed by atoms with Gasteiger partial charge in [-0.2, -0.15) is 5.26 Å². The second-order valence-electron chi connectivity index (χ2n) is 7.41. The van der Waals surface area contributed by atoms with Crippen LogP contribution >= 0.6 is 0 Å². The van der Waals surface area contributed by atoms with Gasteiger partial charge in [0.05, 0.1) is 6.20 Å². The Hall–Kier alpha value is -2.06. The lowest BCUT2D eigenvalue weighted by Gasteiger charge is -2.45. The first-order chi connectivity index (χ1) is 10.9. The van der Waals surface area contributed by atoms with E-state index < -0.39 is 0 Å². The van der Waals surface area contributed by atoms with Crippen LogP contribution in [0, 0.1) is 16.7 Å². The maximum Gasteiger partial charge on any atom is 0.204 e. The molecule has 0 saturated heterocycles. The van der Waals surface area contributed by atoms with Crippen molar-refractivity contribution in [2.75, 3.05) is 19.4 Å². The maximum absolute atomic E-state index is 8.92. The molecule has 2 aromatic heterocycles. The predicted octanol–water partition coefficient (Wildman–Crippen LogP) is 3.62. The summed E-state index contributed by atoms with van der Waals surface area (Å²) in [6.45, 7) is 4.65. The summed E-state index contributed by atoms with van der Waals surface area (Å²) in [4.78, 5) is 6.77. The van der Waals surface area contributed by atoms with E-state index in [4.69, 9.17) is 9.68 Å². The van der Waals surface area contributed by atoms with Crippen molar-refractivity contribution in [3.63, 3.8) is 0 Å². The van der Waals surface area contributed by atoms with E-state index in [1.807, 2.05) is 12.1 Å². The molecule has 1 N–H and O–H groups in total. The van der Waals surface area contributed by atoms with E-state index in [-0.39, 0.29) is 5.41 Å². The molecular weight excluding hydrogens is 288 g/mol. The molecule has 122 valence electrons. The van der Waals surface area contributed by atoms with E-state index in [0.29, 0.717) is 23.4 Å². The number of pyridine rings is 1. The van der Waals surface area contributed by atoms with Gasteiger partial charge in [-0.3, -0.25) is 0 Å². The molecule has 1 fully saturated rings. The molecule has 0 radical (unpaired) electrons. The molecule has 0 spiro atoms. The third-order valence-electron chi connectivity index (χ3n) is 5.06. The van der Waals surface area contributed by atoms with Crippen molar-refractivity contribution < 1.29 is 4.42 Å². The zero-order chi connectivity index (χ0) is 16.6. The summed E-state index contributed by atoms with van der Waals surface area (Å²) in [5.41, 5.74) is 0.862. The smallest absolute Gasteiger partial charge is 0.204 e. The highest BCUT2D eigenvalue weighted by Gasteiger charge is 2.37. The zero-order valence-electron chi connectivity index (χ0n) is 14.3. The van der Waals surface area contributed by atoms with Crippen LogP contribution < -0.4 is 5.32 Å². The van der Waals surface area contributed by atoms with Gasteiger partial charge in [0.15, 0.2) is 5.58 Å². The summed E-state index contributed by atoms with van der Waals surface area (Å²) < 4.78 is 5.39. The topological polar surface area (TPSA) is 65.1 Å². The van der Waals surface area contributed by atoms with Crippen LogP contribution in [0.25, 0.3) is 11.0 Å².